The van der Waals surface area contributed by atoms with Crippen LogP contribution in [0, 0.1) is 11.3 Å². The molecule has 3 heteroatoms. The quantitative estimate of drug-likeness (QED) is 0.472. The van der Waals surface area contributed by atoms with Gasteiger partial charge in [0.15, 0.2) is 0 Å². The predicted molar refractivity (Wildman–Crippen MR) is 44.7 cm³/mol. The average molecular weight is 172 g/mol. The molecule has 1 fully saturated rings. The number of carbonyl (C=O) groups excluding carboxylic acids is 1. The Hall–Kier alpha value is -0.410. The second kappa shape index (κ2) is 3.54. The molecule has 1 saturated carbocycles. The lowest BCUT2D eigenvalue weighted by Gasteiger charge is -2.42. The minimum absolute atomic E-state index is 0.173. The number of ether oxygens (including phenoxy) is 2. The fourth-order valence-electron chi connectivity index (χ4n) is 1.38. The Morgan fingerprint density at radius 2 is 2.25 bits per heavy atom. The molecule has 0 spiro atoms. The summed E-state index contributed by atoms with van der Waals surface area (Å²) in [5, 5.41) is 0. The Morgan fingerprint density at radius 3 is 2.67 bits per heavy atom. The molecule has 1 aliphatic carbocycles. The summed E-state index contributed by atoms with van der Waals surface area (Å²) in [7, 11) is 1.59. The topological polar surface area (TPSA) is 35.5 Å². The van der Waals surface area contributed by atoms with E-state index < -0.39 is 0 Å². The van der Waals surface area contributed by atoms with E-state index in [2.05, 4.69) is 0 Å². The lowest BCUT2D eigenvalue weighted by Crippen LogP contribution is -2.47. The third-order valence-corrected chi connectivity index (χ3v) is 2.69. The number of rotatable bonds is 4. The number of carbonyl (C=O) groups is 1. The first-order valence-corrected chi connectivity index (χ1v) is 4.19. The van der Waals surface area contributed by atoms with Crippen LogP contribution in [0.1, 0.15) is 20.3 Å². The van der Waals surface area contributed by atoms with Crippen LogP contribution >= 0.6 is 0 Å². The van der Waals surface area contributed by atoms with Crippen molar-refractivity contribution in [1.82, 2.24) is 0 Å². The zero-order valence-electron chi connectivity index (χ0n) is 7.92. The SMILES string of the molecule is COCOCC1CC(=O)C1(C)C. The molecule has 0 aliphatic heterocycles. The van der Waals surface area contributed by atoms with Gasteiger partial charge in [0.05, 0.1) is 6.61 Å². The first kappa shape index (κ1) is 9.68. The molecule has 0 heterocycles. The lowest BCUT2D eigenvalue weighted by molar-refractivity contribution is -0.150. The van der Waals surface area contributed by atoms with Gasteiger partial charge in [0, 0.05) is 24.9 Å². The van der Waals surface area contributed by atoms with Crippen molar-refractivity contribution in [1.29, 1.82) is 0 Å². The third-order valence-electron chi connectivity index (χ3n) is 2.69. The van der Waals surface area contributed by atoms with Gasteiger partial charge in [-0.05, 0) is 0 Å². The van der Waals surface area contributed by atoms with Crippen molar-refractivity contribution >= 4 is 5.78 Å². The van der Waals surface area contributed by atoms with E-state index in [1.54, 1.807) is 7.11 Å². The van der Waals surface area contributed by atoms with Crippen LogP contribution in [0.4, 0.5) is 0 Å². The molecule has 0 aromatic carbocycles. The van der Waals surface area contributed by atoms with Gasteiger partial charge in [-0.15, -0.1) is 0 Å². The van der Waals surface area contributed by atoms with Gasteiger partial charge in [-0.3, -0.25) is 4.79 Å². The van der Waals surface area contributed by atoms with E-state index >= 15 is 0 Å². The lowest BCUT2D eigenvalue weighted by atomic mass is 9.62. The molecule has 70 valence electrons. The van der Waals surface area contributed by atoms with Crippen LogP contribution in [-0.4, -0.2) is 26.3 Å². The average Bonchev–Trinajstić information content (AvgIpc) is 2.04. The van der Waals surface area contributed by atoms with E-state index in [0.29, 0.717) is 31.5 Å². The molecular weight excluding hydrogens is 156 g/mol. The normalized spacial score (nSPS) is 26.9. The van der Waals surface area contributed by atoms with Crippen LogP contribution in [0.25, 0.3) is 0 Å². The molecule has 0 aromatic rings. The van der Waals surface area contributed by atoms with Gasteiger partial charge >= 0.3 is 0 Å². The molecule has 0 aromatic heterocycles. The van der Waals surface area contributed by atoms with Crippen molar-refractivity contribution < 1.29 is 14.3 Å². The molecule has 12 heavy (non-hydrogen) atoms. The predicted octanol–water partition coefficient (Wildman–Crippen LogP) is 1.22. The highest BCUT2D eigenvalue weighted by Crippen LogP contribution is 2.42. The van der Waals surface area contributed by atoms with Gasteiger partial charge in [-0.2, -0.15) is 0 Å². The Kier molecular flexibility index (Phi) is 2.85. The van der Waals surface area contributed by atoms with Crippen LogP contribution in [-0.2, 0) is 14.3 Å². The van der Waals surface area contributed by atoms with Crippen LogP contribution in [0.15, 0.2) is 0 Å². The molecule has 0 bridgehead atoms. The summed E-state index contributed by atoms with van der Waals surface area (Å²) in [6.45, 7) is 4.90. The summed E-state index contributed by atoms with van der Waals surface area (Å²) in [6, 6.07) is 0. The number of methoxy groups -OCH3 is 1. The third kappa shape index (κ3) is 1.67. The van der Waals surface area contributed by atoms with Gasteiger partial charge < -0.3 is 9.47 Å². The summed E-state index contributed by atoms with van der Waals surface area (Å²) in [5.41, 5.74) is -0.173. The van der Waals surface area contributed by atoms with Crippen LogP contribution in [0.3, 0.4) is 0 Å². The van der Waals surface area contributed by atoms with Crippen molar-refractivity contribution in [2.75, 3.05) is 20.5 Å². The Morgan fingerprint density at radius 1 is 1.58 bits per heavy atom. The fourth-order valence-corrected chi connectivity index (χ4v) is 1.38. The molecule has 1 rings (SSSR count). The maximum atomic E-state index is 11.1. The maximum absolute atomic E-state index is 11.1. The molecule has 0 radical (unpaired) electrons. The summed E-state index contributed by atoms with van der Waals surface area (Å²) in [5.74, 6) is 0.716. The van der Waals surface area contributed by atoms with Crippen molar-refractivity contribution in [2.45, 2.75) is 20.3 Å². The van der Waals surface area contributed by atoms with Gasteiger partial charge in [0.1, 0.15) is 12.6 Å². The van der Waals surface area contributed by atoms with Crippen LogP contribution in [0.5, 0.6) is 0 Å². The van der Waals surface area contributed by atoms with Gasteiger partial charge in [-0.25, -0.2) is 0 Å². The smallest absolute Gasteiger partial charge is 0.146 e. The fraction of sp³-hybridized carbons (Fsp3) is 0.889. The number of Topliss-reactive ketones (excluding diaryl/α,β-unsaturated/α-hetero) is 1. The summed E-state index contributed by atoms with van der Waals surface area (Å²) in [4.78, 5) is 11.1. The highest BCUT2D eigenvalue weighted by atomic mass is 16.7. The van der Waals surface area contributed by atoms with Crippen molar-refractivity contribution in [2.24, 2.45) is 11.3 Å². The molecule has 0 amide bonds. The molecule has 3 nitrogen and oxygen atoms in total. The Bertz CT molecular complexity index is 175. The molecule has 1 atom stereocenters. The zero-order chi connectivity index (χ0) is 9.19. The van der Waals surface area contributed by atoms with Gasteiger partial charge in [0.2, 0.25) is 0 Å². The van der Waals surface area contributed by atoms with Gasteiger partial charge in [-0.1, -0.05) is 13.8 Å². The maximum Gasteiger partial charge on any atom is 0.146 e. The second-order valence-electron chi connectivity index (χ2n) is 3.82. The second-order valence-corrected chi connectivity index (χ2v) is 3.82. The number of hydrogen-bond donors (Lipinski definition) is 0. The minimum atomic E-state index is -0.173. The largest absolute Gasteiger partial charge is 0.359 e. The standard InChI is InChI=1S/C9H16O3/c1-9(2)7(4-8(9)10)5-12-6-11-3/h7H,4-6H2,1-3H3. The van der Waals surface area contributed by atoms with Crippen LogP contribution in [0.2, 0.25) is 0 Å². The molecule has 1 unspecified atom stereocenters. The van der Waals surface area contributed by atoms with E-state index in [-0.39, 0.29) is 5.41 Å². The van der Waals surface area contributed by atoms with E-state index in [1.807, 2.05) is 13.8 Å². The molecular formula is C9H16O3. The highest BCUT2D eigenvalue weighted by molar-refractivity contribution is 5.90. The monoisotopic (exact) mass is 172 g/mol. The van der Waals surface area contributed by atoms with E-state index in [9.17, 15) is 4.79 Å². The summed E-state index contributed by atoms with van der Waals surface area (Å²) < 4.78 is 9.94. The van der Waals surface area contributed by atoms with Gasteiger partial charge in [0.25, 0.3) is 0 Å². The van der Waals surface area contributed by atoms with Crippen LogP contribution < -0.4 is 0 Å². The van der Waals surface area contributed by atoms with E-state index in [0.717, 1.165) is 0 Å². The van der Waals surface area contributed by atoms with E-state index in [1.165, 1.54) is 0 Å². The molecule has 1 aliphatic rings. The molecule has 0 saturated heterocycles. The first-order chi connectivity index (χ1) is 5.59. The van der Waals surface area contributed by atoms with Crippen molar-refractivity contribution in [3.8, 4) is 0 Å². The van der Waals surface area contributed by atoms with Crippen molar-refractivity contribution in [3.05, 3.63) is 0 Å². The Balaban J connectivity index is 2.23. The minimum Gasteiger partial charge on any atom is -0.359 e. The van der Waals surface area contributed by atoms with E-state index in [4.69, 9.17) is 9.47 Å². The summed E-state index contributed by atoms with van der Waals surface area (Å²) >= 11 is 0. The molecule has 0 N–H and O–H groups in total. The summed E-state index contributed by atoms with van der Waals surface area (Å²) in [6.07, 6.45) is 0.663. The number of hydrogen-bond acceptors (Lipinski definition) is 3. The van der Waals surface area contributed by atoms with Crippen molar-refractivity contribution in [3.63, 3.8) is 0 Å². The zero-order valence-corrected chi connectivity index (χ0v) is 7.92. The Labute approximate surface area is 73.0 Å². The first-order valence-electron chi connectivity index (χ1n) is 4.19. The number of ketones is 1. The highest BCUT2D eigenvalue weighted by Gasteiger charge is 2.46.